The van der Waals surface area contributed by atoms with Crippen molar-refractivity contribution in [2.24, 2.45) is 17.8 Å². The van der Waals surface area contributed by atoms with Gasteiger partial charge in [-0.3, -0.25) is 0 Å². The molecule has 1 aromatic rings. The third kappa shape index (κ3) is 4.08. The average Bonchev–Trinajstić information content (AvgIpc) is 3.17. The lowest BCUT2D eigenvalue weighted by Crippen LogP contribution is -2.34. The Bertz CT molecular complexity index is 382. The molecule has 0 aliphatic heterocycles. The molecule has 2 saturated carbocycles. The van der Waals surface area contributed by atoms with E-state index in [-0.39, 0.29) is 0 Å². The van der Waals surface area contributed by atoms with E-state index in [1.165, 1.54) is 57.9 Å². The summed E-state index contributed by atoms with van der Waals surface area (Å²) in [6.07, 6.45) is 11.4. The van der Waals surface area contributed by atoms with Crippen molar-refractivity contribution < 1.29 is 0 Å². The van der Waals surface area contributed by atoms with Gasteiger partial charge in [0.2, 0.25) is 0 Å². The third-order valence-corrected chi connectivity index (χ3v) is 6.35. The van der Waals surface area contributed by atoms with Gasteiger partial charge in [-0.2, -0.15) is 0 Å². The third-order valence-electron chi connectivity index (χ3n) is 5.41. The summed E-state index contributed by atoms with van der Waals surface area (Å²) in [4.78, 5) is 1.58. The van der Waals surface area contributed by atoms with E-state index in [0.29, 0.717) is 0 Å². The Morgan fingerprint density at radius 1 is 1.20 bits per heavy atom. The molecule has 1 heterocycles. The van der Waals surface area contributed by atoms with Crippen LogP contribution in [0.1, 0.15) is 56.7 Å². The highest BCUT2D eigenvalue weighted by Gasteiger charge is 2.31. The normalized spacial score (nSPS) is 30.6. The Balaban J connectivity index is 1.52. The second-order valence-corrected chi connectivity index (χ2v) is 7.94. The van der Waals surface area contributed by atoms with Crippen LogP contribution in [0.2, 0.25) is 0 Å². The molecule has 0 radical (unpaired) electrons. The van der Waals surface area contributed by atoms with Crippen molar-refractivity contribution in [1.82, 2.24) is 5.32 Å². The summed E-state index contributed by atoms with van der Waals surface area (Å²) in [5, 5.41) is 6.00. The van der Waals surface area contributed by atoms with Crippen LogP contribution in [0, 0.1) is 17.8 Å². The van der Waals surface area contributed by atoms with Crippen molar-refractivity contribution in [3.63, 3.8) is 0 Å². The average molecular weight is 292 g/mol. The van der Waals surface area contributed by atoms with Crippen molar-refractivity contribution in [2.45, 2.75) is 64.3 Å². The van der Waals surface area contributed by atoms with Gasteiger partial charge in [0.25, 0.3) is 0 Å². The van der Waals surface area contributed by atoms with Crippen molar-refractivity contribution in [3.05, 3.63) is 22.4 Å². The number of rotatable bonds is 7. The van der Waals surface area contributed by atoms with E-state index in [1.807, 2.05) is 11.3 Å². The molecule has 2 aliphatic carbocycles. The topological polar surface area (TPSA) is 12.0 Å². The molecule has 1 aromatic heterocycles. The quantitative estimate of drug-likeness (QED) is 0.755. The summed E-state index contributed by atoms with van der Waals surface area (Å²) in [6.45, 7) is 3.67. The highest BCUT2D eigenvalue weighted by Crippen LogP contribution is 2.38. The lowest BCUT2D eigenvalue weighted by molar-refractivity contribution is 0.163. The van der Waals surface area contributed by atoms with Gasteiger partial charge in [0, 0.05) is 10.9 Å². The second kappa shape index (κ2) is 7.09. The molecule has 1 N–H and O–H groups in total. The standard InChI is InChI=1S/C18H29NS/c1-2-14-5-6-16(13-19-17-8-9-17)15(12-14)7-10-18-4-3-11-20-18/h3-4,11,14-17,19H,2,5-10,12-13H2,1H3. The fourth-order valence-corrected chi connectivity index (χ4v) is 4.53. The minimum atomic E-state index is 0.872. The highest BCUT2D eigenvalue weighted by molar-refractivity contribution is 7.09. The molecule has 20 heavy (non-hydrogen) atoms. The largest absolute Gasteiger partial charge is 0.314 e. The maximum Gasteiger partial charge on any atom is 0.00683 e. The first-order valence-electron chi connectivity index (χ1n) is 8.61. The van der Waals surface area contributed by atoms with E-state index in [4.69, 9.17) is 0 Å². The first kappa shape index (κ1) is 14.6. The zero-order valence-corrected chi connectivity index (χ0v) is 13.6. The minimum Gasteiger partial charge on any atom is -0.314 e. The van der Waals surface area contributed by atoms with Crippen LogP contribution in [0.15, 0.2) is 17.5 Å². The molecule has 2 heteroatoms. The zero-order chi connectivity index (χ0) is 13.8. The molecule has 0 bridgehead atoms. The summed E-state index contributed by atoms with van der Waals surface area (Å²) >= 11 is 1.93. The van der Waals surface area contributed by atoms with Crippen LogP contribution in [-0.4, -0.2) is 12.6 Å². The van der Waals surface area contributed by atoms with Gasteiger partial charge in [0.1, 0.15) is 0 Å². The van der Waals surface area contributed by atoms with Crippen LogP contribution < -0.4 is 5.32 Å². The van der Waals surface area contributed by atoms with Crippen molar-refractivity contribution in [3.8, 4) is 0 Å². The molecule has 2 aliphatic rings. The smallest absolute Gasteiger partial charge is 0.00683 e. The molecular formula is C18H29NS. The Morgan fingerprint density at radius 2 is 2.10 bits per heavy atom. The van der Waals surface area contributed by atoms with Gasteiger partial charge in [-0.05, 0) is 74.3 Å². The van der Waals surface area contributed by atoms with Crippen LogP contribution in [-0.2, 0) is 6.42 Å². The minimum absolute atomic E-state index is 0.872. The first-order valence-corrected chi connectivity index (χ1v) is 9.49. The van der Waals surface area contributed by atoms with E-state index in [2.05, 4.69) is 29.8 Å². The Morgan fingerprint density at radius 3 is 2.80 bits per heavy atom. The van der Waals surface area contributed by atoms with Crippen LogP contribution >= 0.6 is 11.3 Å². The van der Waals surface area contributed by atoms with E-state index < -0.39 is 0 Å². The van der Waals surface area contributed by atoms with Gasteiger partial charge < -0.3 is 5.32 Å². The Hall–Kier alpha value is -0.340. The van der Waals surface area contributed by atoms with Crippen molar-refractivity contribution >= 4 is 11.3 Å². The Kier molecular flexibility index (Phi) is 5.17. The molecule has 0 aromatic carbocycles. The maximum atomic E-state index is 3.78. The van der Waals surface area contributed by atoms with Crippen molar-refractivity contribution in [1.29, 1.82) is 0 Å². The lowest BCUT2D eigenvalue weighted by atomic mass is 9.71. The molecule has 3 rings (SSSR count). The predicted molar refractivity (Wildman–Crippen MR) is 88.3 cm³/mol. The van der Waals surface area contributed by atoms with Crippen LogP contribution in [0.3, 0.4) is 0 Å². The SMILES string of the molecule is CCC1CCC(CNC2CC2)C(CCc2cccs2)C1. The predicted octanol–water partition coefficient (Wildman–Crippen LogP) is 4.88. The van der Waals surface area contributed by atoms with Gasteiger partial charge in [0.15, 0.2) is 0 Å². The summed E-state index contributed by atoms with van der Waals surface area (Å²) in [5.41, 5.74) is 0. The zero-order valence-electron chi connectivity index (χ0n) is 12.8. The molecule has 3 unspecified atom stereocenters. The number of hydrogen-bond acceptors (Lipinski definition) is 2. The number of nitrogens with one attached hydrogen (secondary N) is 1. The molecule has 0 amide bonds. The molecular weight excluding hydrogens is 262 g/mol. The van der Waals surface area contributed by atoms with Crippen LogP contribution in [0.5, 0.6) is 0 Å². The molecule has 112 valence electrons. The summed E-state index contributed by atoms with van der Waals surface area (Å²) in [6, 6.07) is 5.38. The molecule has 2 fully saturated rings. The molecule has 0 saturated heterocycles. The number of hydrogen-bond donors (Lipinski definition) is 1. The maximum absolute atomic E-state index is 3.78. The van der Waals surface area contributed by atoms with Crippen LogP contribution in [0.25, 0.3) is 0 Å². The van der Waals surface area contributed by atoms with E-state index in [1.54, 1.807) is 4.88 Å². The fraction of sp³-hybridized carbons (Fsp3) is 0.778. The van der Waals surface area contributed by atoms with Gasteiger partial charge in [0.05, 0.1) is 0 Å². The van der Waals surface area contributed by atoms with E-state index >= 15 is 0 Å². The number of thiophene rings is 1. The van der Waals surface area contributed by atoms with Gasteiger partial charge in [-0.15, -0.1) is 11.3 Å². The fourth-order valence-electron chi connectivity index (χ4n) is 3.80. The summed E-state index contributed by atoms with van der Waals surface area (Å²) in [7, 11) is 0. The molecule has 3 atom stereocenters. The summed E-state index contributed by atoms with van der Waals surface area (Å²) in [5.74, 6) is 2.90. The van der Waals surface area contributed by atoms with Gasteiger partial charge in [-0.25, -0.2) is 0 Å². The van der Waals surface area contributed by atoms with E-state index in [0.717, 1.165) is 23.8 Å². The van der Waals surface area contributed by atoms with Gasteiger partial charge >= 0.3 is 0 Å². The van der Waals surface area contributed by atoms with Crippen molar-refractivity contribution in [2.75, 3.05) is 6.54 Å². The molecule has 1 nitrogen and oxygen atoms in total. The first-order chi connectivity index (χ1) is 9.85. The monoisotopic (exact) mass is 291 g/mol. The Labute approximate surface area is 128 Å². The van der Waals surface area contributed by atoms with E-state index in [9.17, 15) is 0 Å². The van der Waals surface area contributed by atoms with Gasteiger partial charge in [-0.1, -0.05) is 25.8 Å². The summed E-state index contributed by atoms with van der Waals surface area (Å²) < 4.78 is 0. The highest BCUT2D eigenvalue weighted by atomic mass is 32.1. The lowest BCUT2D eigenvalue weighted by Gasteiger charge is -2.36. The number of aryl methyl sites for hydroxylation is 1. The molecule has 0 spiro atoms. The second-order valence-electron chi connectivity index (χ2n) is 6.91. The van der Waals surface area contributed by atoms with Crippen LogP contribution in [0.4, 0.5) is 0 Å².